The number of nitrogens with one attached hydrogen (secondary N) is 1. The molecule has 7 aromatic rings. The number of nitrogens with zero attached hydrogens (tertiary/aromatic N) is 1. The van der Waals surface area contributed by atoms with E-state index in [0.717, 1.165) is 62.8 Å². The van der Waals surface area contributed by atoms with Gasteiger partial charge in [0.15, 0.2) is 0 Å². The smallest absolute Gasteiger partial charge is 0.324 e. The van der Waals surface area contributed by atoms with Crippen molar-refractivity contribution in [1.82, 2.24) is 4.48 Å². The molecule has 0 spiro atoms. The summed E-state index contributed by atoms with van der Waals surface area (Å²) in [6.45, 7) is 4.49. The maximum atomic E-state index is 15.6. The Bertz CT molecular complexity index is 2490. The normalized spacial score (nSPS) is 13.1. The van der Waals surface area contributed by atoms with Crippen LogP contribution in [-0.2, 0) is 12.8 Å². The van der Waals surface area contributed by atoms with Crippen molar-refractivity contribution >= 4 is 58.3 Å². The summed E-state index contributed by atoms with van der Waals surface area (Å²) in [5, 5.41) is 1.62. The molecule has 4 heterocycles. The lowest BCUT2D eigenvalue weighted by Crippen LogP contribution is -2.66. The Labute approximate surface area is 338 Å². The summed E-state index contributed by atoms with van der Waals surface area (Å²) in [5.41, 5.74) is 8.94. The van der Waals surface area contributed by atoms with Crippen molar-refractivity contribution in [3.63, 3.8) is 0 Å². The molecule has 0 atom stereocenters. The monoisotopic (exact) mass is 777 g/mol. The molecule has 0 radical (unpaired) electrons. The Morgan fingerprint density at radius 2 is 1.16 bits per heavy atom. The fourth-order valence-corrected chi connectivity index (χ4v) is 10.1. The molecule has 282 valence electrons. The zero-order valence-corrected chi connectivity index (χ0v) is 33.9. The van der Waals surface area contributed by atoms with Gasteiger partial charge in [0.1, 0.15) is 0 Å². The van der Waals surface area contributed by atoms with Crippen LogP contribution < -0.4 is 4.99 Å². The Hall–Kier alpha value is -4.85. The van der Waals surface area contributed by atoms with Gasteiger partial charge >= 0.3 is 7.40 Å². The van der Waals surface area contributed by atoms with Crippen LogP contribution in [-0.4, -0.2) is 17.6 Å². The highest BCUT2D eigenvalue weighted by atomic mass is 32.1. The second-order valence-electron chi connectivity index (χ2n) is 14.8. The molecule has 0 fully saturated rings. The van der Waals surface area contributed by atoms with Gasteiger partial charge in [-0.2, -0.15) is 0 Å². The number of halogens is 2. The first-order valence-corrected chi connectivity index (χ1v) is 21.9. The van der Waals surface area contributed by atoms with E-state index in [4.69, 9.17) is 0 Å². The van der Waals surface area contributed by atoms with Crippen molar-refractivity contribution in [2.75, 3.05) is 0 Å². The summed E-state index contributed by atoms with van der Waals surface area (Å²) in [4.78, 5) is 8.92. The molecule has 7 heteroatoms. The maximum absolute atomic E-state index is 15.6. The molecule has 0 aliphatic carbocycles. The molecular weight excluding hydrogens is 729 g/mol. The summed E-state index contributed by atoms with van der Waals surface area (Å²) in [6, 6.07) is 41.8. The molecule has 1 aliphatic rings. The van der Waals surface area contributed by atoms with E-state index in [0.29, 0.717) is 11.4 Å². The van der Waals surface area contributed by atoms with E-state index in [1.165, 1.54) is 80.9 Å². The van der Waals surface area contributed by atoms with Gasteiger partial charge in [0.05, 0.1) is 11.1 Å². The van der Waals surface area contributed by atoms with Gasteiger partial charge < -0.3 is 4.48 Å². The van der Waals surface area contributed by atoms with Crippen LogP contribution in [0.3, 0.4) is 0 Å². The number of hydrogen-bond acceptors (Lipinski definition) is 2. The Kier molecular flexibility index (Phi) is 11.9. The van der Waals surface area contributed by atoms with Crippen LogP contribution in [0.1, 0.15) is 97.4 Å². The summed E-state index contributed by atoms with van der Waals surface area (Å²) < 4.78 is 32.4. The highest BCUT2D eigenvalue weighted by Crippen LogP contribution is 2.41. The van der Waals surface area contributed by atoms with Crippen molar-refractivity contribution < 1.29 is 13.6 Å². The van der Waals surface area contributed by atoms with Gasteiger partial charge in [-0.3, -0.25) is 8.63 Å². The van der Waals surface area contributed by atoms with E-state index >= 15 is 8.63 Å². The molecule has 1 N–H and O–H groups in total. The predicted molar refractivity (Wildman–Crippen MR) is 238 cm³/mol. The highest BCUT2D eigenvalue weighted by Gasteiger charge is 2.33. The fourth-order valence-electron chi connectivity index (χ4n) is 8.02. The quantitative estimate of drug-likeness (QED) is 0.0744. The Balaban J connectivity index is 1.23. The molecule has 0 bridgehead atoms. The number of aryl methyl sites for hydroxylation is 2. The lowest BCUT2D eigenvalue weighted by atomic mass is 9.96. The minimum Gasteiger partial charge on any atom is -0.324 e. The third-order valence-electron chi connectivity index (χ3n) is 10.9. The zero-order valence-electron chi connectivity index (χ0n) is 32.3. The van der Waals surface area contributed by atoms with Gasteiger partial charge in [0, 0.05) is 53.3 Å². The third-order valence-corrected chi connectivity index (χ3v) is 13.3. The van der Waals surface area contributed by atoms with E-state index in [-0.39, 0.29) is 0 Å². The lowest BCUT2D eigenvalue weighted by molar-refractivity contribution is -0.336. The summed E-state index contributed by atoms with van der Waals surface area (Å²) in [5.74, 6) is 0. The Morgan fingerprint density at radius 1 is 0.571 bits per heavy atom. The third kappa shape index (κ3) is 8.03. The predicted octanol–water partition coefficient (Wildman–Crippen LogP) is 13.2. The standard InChI is InChI=1S/C49H47BF2N2S2/c1-3-5-7-15-21-38-25-29-46(55-38)36-23-27-40-42(31-36)48(34-17-11-9-12-18-34)53-44(40)33-45-41-28-24-37(47-30-26-39(56-47)22-16-8-6-4-2)32-43(41)49(54(45)50(51)52)35-19-13-10-14-20-35/h9-14,17-20,23-33H,3-8,15-16,21-22H2,1-2H3/p+1. The average molecular weight is 778 g/mol. The van der Waals surface area contributed by atoms with Gasteiger partial charge in [-0.15, -0.1) is 22.7 Å². The van der Waals surface area contributed by atoms with E-state index in [1.54, 1.807) is 0 Å². The highest BCUT2D eigenvalue weighted by molar-refractivity contribution is 7.15. The molecule has 4 aromatic carbocycles. The zero-order chi connectivity index (χ0) is 38.4. The second kappa shape index (κ2) is 17.5. The molecule has 1 aliphatic heterocycles. The minimum atomic E-state index is -2.75. The van der Waals surface area contributed by atoms with Crippen LogP contribution in [0.25, 0.3) is 54.7 Å². The topological polar surface area (TPSA) is 18.9 Å². The van der Waals surface area contributed by atoms with Crippen LogP contribution in [0.4, 0.5) is 8.63 Å². The largest absolute Gasteiger partial charge is 0.678 e. The molecule has 56 heavy (non-hydrogen) atoms. The number of hydrogen-bond donors (Lipinski definition) is 1. The summed E-state index contributed by atoms with van der Waals surface area (Å²) in [6.07, 6.45) is 14.1. The molecule has 0 saturated carbocycles. The maximum Gasteiger partial charge on any atom is 0.678 e. The number of benzene rings is 4. The van der Waals surface area contributed by atoms with Crippen LogP contribution in [0.5, 0.6) is 0 Å². The van der Waals surface area contributed by atoms with Crippen LogP contribution in [0.2, 0.25) is 0 Å². The first kappa shape index (κ1) is 38.0. The summed E-state index contributed by atoms with van der Waals surface area (Å²) in [7, 11) is -2.75. The van der Waals surface area contributed by atoms with Gasteiger partial charge in [-0.05, 0) is 97.0 Å². The van der Waals surface area contributed by atoms with E-state index in [9.17, 15) is 0 Å². The molecule has 0 saturated heterocycles. The number of thiophene rings is 2. The molecule has 0 amide bonds. The average Bonchev–Trinajstić information content (AvgIpc) is 4.04. The van der Waals surface area contributed by atoms with Crippen molar-refractivity contribution in [2.24, 2.45) is 0 Å². The molecular formula is C49H48BF2N2S2+. The van der Waals surface area contributed by atoms with Gasteiger partial charge in [0.2, 0.25) is 11.4 Å². The molecule has 2 nitrogen and oxygen atoms in total. The van der Waals surface area contributed by atoms with E-state index in [1.807, 2.05) is 83.3 Å². The molecule has 0 unspecified atom stereocenters. The number of fused-ring (bicyclic) bond motifs is 2. The van der Waals surface area contributed by atoms with Crippen molar-refractivity contribution in [2.45, 2.75) is 78.1 Å². The van der Waals surface area contributed by atoms with Crippen LogP contribution in [0.15, 0.2) is 121 Å². The molecule has 3 aromatic heterocycles. The van der Waals surface area contributed by atoms with Crippen molar-refractivity contribution in [3.8, 4) is 32.1 Å². The van der Waals surface area contributed by atoms with Crippen LogP contribution >= 0.6 is 22.7 Å². The summed E-state index contributed by atoms with van der Waals surface area (Å²) >= 11 is 3.69. The van der Waals surface area contributed by atoms with Gasteiger partial charge in [0.25, 0.3) is 0 Å². The van der Waals surface area contributed by atoms with Gasteiger partial charge in [-0.1, -0.05) is 119 Å². The second-order valence-corrected chi connectivity index (χ2v) is 17.2. The number of aromatic nitrogens is 1. The Morgan fingerprint density at radius 3 is 1.77 bits per heavy atom. The van der Waals surface area contributed by atoms with E-state index < -0.39 is 7.40 Å². The fraction of sp³-hybridized carbons (Fsp3) is 0.245. The lowest BCUT2D eigenvalue weighted by Gasteiger charge is -2.09. The van der Waals surface area contributed by atoms with Crippen molar-refractivity contribution in [3.05, 3.63) is 153 Å². The molecule has 8 rings (SSSR count). The number of unbranched alkanes of at least 4 members (excludes halogenated alkanes) is 6. The van der Waals surface area contributed by atoms with Crippen LogP contribution in [0, 0.1) is 0 Å². The SMILES string of the molecule is CCCCCCc1ccc(-c2ccc3c(c2)C(c2ccccc2)=[NH+]C3=Cc2c3ccc(-c4ccc(CCCCCC)s4)cc3c(-c3ccccc3)n2B(F)F)s1. The van der Waals surface area contributed by atoms with Gasteiger partial charge in [-0.25, -0.2) is 4.99 Å². The van der Waals surface area contributed by atoms with E-state index in [2.05, 4.69) is 85.6 Å². The number of rotatable bonds is 16. The first-order valence-electron chi connectivity index (χ1n) is 20.3. The van der Waals surface area contributed by atoms with Crippen molar-refractivity contribution in [1.29, 1.82) is 0 Å². The minimum absolute atomic E-state index is 0.487. The first-order chi connectivity index (χ1) is 27.5.